The lowest BCUT2D eigenvalue weighted by atomic mass is 10.2. The number of esters is 1. The summed E-state index contributed by atoms with van der Waals surface area (Å²) in [5, 5.41) is 14.6. The average Bonchev–Trinajstić information content (AvgIpc) is 3.35. The largest absolute Gasteiger partial charge is 0.492 e. The number of hydrogen-bond acceptors (Lipinski definition) is 9. The Morgan fingerprint density at radius 3 is 2.94 bits per heavy atom. The molecule has 0 aliphatic heterocycles. The van der Waals surface area contributed by atoms with Gasteiger partial charge in [0.25, 0.3) is 0 Å². The van der Waals surface area contributed by atoms with Crippen LogP contribution in [0.25, 0.3) is 21.6 Å². The highest BCUT2D eigenvalue weighted by Gasteiger charge is 2.20. The van der Waals surface area contributed by atoms with Crippen LogP contribution >= 0.6 is 11.3 Å². The number of anilines is 1. The molecule has 0 bridgehead atoms. The second-order valence-corrected chi connectivity index (χ2v) is 7.99. The number of aryl methyl sites for hydroxylation is 1. The van der Waals surface area contributed by atoms with E-state index in [-0.39, 0.29) is 17.4 Å². The number of thiazole rings is 1. The Balaban J connectivity index is 1.49. The first-order chi connectivity index (χ1) is 16.0. The predicted molar refractivity (Wildman–Crippen MR) is 123 cm³/mol. The fraction of sp³-hybridized carbons (Fsp3) is 0.273. The van der Waals surface area contributed by atoms with Crippen molar-refractivity contribution in [1.29, 1.82) is 0 Å². The third-order valence-electron chi connectivity index (χ3n) is 4.90. The molecule has 0 amide bonds. The van der Waals surface area contributed by atoms with Crippen molar-refractivity contribution in [2.75, 3.05) is 25.3 Å². The van der Waals surface area contributed by atoms with E-state index < -0.39 is 12.8 Å². The molecule has 0 spiro atoms. The lowest BCUT2D eigenvalue weighted by Gasteiger charge is -2.12. The van der Waals surface area contributed by atoms with Gasteiger partial charge in [0, 0.05) is 30.2 Å². The van der Waals surface area contributed by atoms with Gasteiger partial charge in [-0.05, 0) is 26.0 Å². The molecule has 3 aromatic heterocycles. The molecule has 0 saturated heterocycles. The molecule has 2 N–H and O–H groups in total. The van der Waals surface area contributed by atoms with Crippen LogP contribution in [0.4, 0.5) is 10.2 Å². The van der Waals surface area contributed by atoms with Gasteiger partial charge in [-0.1, -0.05) is 12.1 Å². The second-order valence-electron chi connectivity index (χ2n) is 6.99. The van der Waals surface area contributed by atoms with Gasteiger partial charge in [0.15, 0.2) is 4.88 Å². The molecule has 0 atom stereocenters. The van der Waals surface area contributed by atoms with Crippen molar-refractivity contribution < 1.29 is 23.8 Å². The number of benzene rings is 1. The van der Waals surface area contributed by atoms with Gasteiger partial charge in [0.1, 0.15) is 28.6 Å². The van der Waals surface area contributed by atoms with E-state index in [1.165, 1.54) is 6.33 Å². The Labute approximate surface area is 192 Å². The van der Waals surface area contributed by atoms with E-state index in [0.717, 1.165) is 27.9 Å². The monoisotopic (exact) mass is 471 g/mol. The zero-order valence-corrected chi connectivity index (χ0v) is 18.9. The first-order valence-electron chi connectivity index (χ1n) is 10.2. The topological polar surface area (TPSA) is 111 Å². The summed E-state index contributed by atoms with van der Waals surface area (Å²) >= 11 is 0.998. The van der Waals surface area contributed by atoms with E-state index in [2.05, 4.69) is 24.8 Å². The molecule has 4 rings (SSSR count). The van der Waals surface area contributed by atoms with Crippen LogP contribution in [0.1, 0.15) is 22.3 Å². The molecule has 33 heavy (non-hydrogen) atoms. The number of alkyl halides is 1. The normalized spacial score (nSPS) is 11.0. The molecule has 3 heterocycles. The lowest BCUT2D eigenvalue weighted by Crippen LogP contribution is -2.12. The van der Waals surface area contributed by atoms with E-state index in [1.54, 1.807) is 19.1 Å². The molecule has 4 aromatic rings. The van der Waals surface area contributed by atoms with E-state index in [1.807, 2.05) is 25.1 Å². The van der Waals surface area contributed by atoms with Gasteiger partial charge in [-0.2, -0.15) is 4.98 Å². The highest BCUT2D eigenvalue weighted by Crippen LogP contribution is 2.32. The molecule has 1 aromatic carbocycles. The summed E-state index contributed by atoms with van der Waals surface area (Å²) in [5.41, 5.74) is 2.32. The number of hydrogen-bond donors (Lipinski definition) is 2. The van der Waals surface area contributed by atoms with Crippen LogP contribution < -0.4 is 10.1 Å². The molecular weight excluding hydrogens is 449 g/mol. The molecule has 0 radical (unpaired) electrons. The summed E-state index contributed by atoms with van der Waals surface area (Å²) in [6.45, 7) is 4.10. The SMILES string of the molecule is CCOC(=O)c1sc(-c2cc(NCCn3c(C)cc4cccc(OCF)c43)ncn2)nc1O. The standard InChI is InChI=1S/C22H22FN5O4S/c1-3-31-22(30)19-20(29)27-21(33-19)15-10-17(26-12-25-15)24-7-8-28-13(2)9-14-5-4-6-16(18(14)28)32-11-23/h4-6,9-10,12,29H,3,7-8,11H2,1-2H3,(H,24,25,26). The van der Waals surface area contributed by atoms with E-state index in [4.69, 9.17) is 9.47 Å². The summed E-state index contributed by atoms with van der Waals surface area (Å²) < 4.78 is 24.9. The number of fused-ring (bicyclic) bond motifs is 1. The van der Waals surface area contributed by atoms with Gasteiger partial charge < -0.3 is 24.5 Å². The number of aromatic hydroxyl groups is 1. The van der Waals surface area contributed by atoms with Crippen LogP contribution in [0.5, 0.6) is 11.6 Å². The molecule has 0 fully saturated rings. The molecule has 0 aliphatic rings. The Morgan fingerprint density at radius 2 is 2.15 bits per heavy atom. The van der Waals surface area contributed by atoms with E-state index in [0.29, 0.717) is 35.4 Å². The highest BCUT2D eigenvalue weighted by molar-refractivity contribution is 7.17. The summed E-state index contributed by atoms with van der Waals surface area (Å²) in [7, 11) is 0. The van der Waals surface area contributed by atoms with Gasteiger partial charge in [-0.15, -0.1) is 11.3 Å². The van der Waals surface area contributed by atoms with Gasteiger partial charge in [0.05, 0.1) is 12.1 Å². The zero-order valence-electron chi connectivity index (χ0n) is 18.0. The predicted octanol–water partition coefficient (Wildman–Crippen LogP) is 4.16. The smallest absolute Gasteiger partial charge is 0.353 e. The van der Waals surface area contributed by atoms with Gasteiger partial charge in [0.2, 0.25) is 12.7 Å². The Hall–Kier alpha value is -3.73. The fourth-order valence-electron chi connectivity index (χ4n) is 3.51. The maximum Gasteiger partial charge on any atom is 0.353 e. The summed E-state index contributed by atoms with van der Waals surface area (Å²) in [4.78, 5) is 24.4. The van der Waals surface area contributed by atoms with Crippen LogP contribution in [0.15, 0.2) is 36.7 Å². The maximum atomic E-state index is 12.8. The number of aromatic nitrogens is 4. The molecular formula is C22H22FN5O4S. The van der Waals surface area contributed by atoms with E-state index >= 15 is 0 Å². The molecule has 0 unspecified atom stereocenters. The van der Waals surface area contributed by atoms with Crippen LogP contribution in [0, 0.1) is 6.92 Å². The van der Waals surface area contributed by atoms with Crippen molar-refractivity contribution in [1.82, 2.24) is 19.5 Å². The number of nitrogens with one attached hydrogen (secondary N) is 1. The lowest BCUT2D eigenvalue weighted by molar-refractivity contribution is 0.0528. The van der Waals surface area contributed by atoms with Gasteiger partial charge in [-0.25, -0.2) is 19.2 Å². The summed E-state index contributed by atoms with van der Waals surface area (Å²) in [5.74, 6) is 0.0366. The van der Waals surface area contributed by atoms with Crippen molar-refractivity contribution in [3.63, 3.8) is 0 Å². The number of para-hydroxylation sites is 1. The van der Waals surface area contributed by atoms with Gasteiger partial charge in [-0.3, -0.25) is 0 Å². The number of nitrogens with zero attached hydrogens (tertiary/aromatic N) is 4. The Morgan fingerprint density at radius 1 is 1.30 bits per heavy atom. The highest BCUT2D eigenvalue weighted by atomic mass is 32.1. The third-order valence-corrected chi connectivity index (χ3v) is 5.95. The maximum absolute atomic E-state index is 12.8. The van der Waals surface area contributed by atoms with Crippen molar-refractivity contribution in [3.05, 3.63) is 47.2 Å². The number of rotatable bonds is 9. The van der Waals surface area contributed by atoms with Crippen LogP contribution in [0.3, 0.4) is 0 Å². The Bertz CT molecular complexity index is 1290. The zero-order chi connectivity index (χ0) is 23.4. The molecule has 9 nitrogen and oxygen atoms in total. The third kappa shape index (κ3) is 4.72. The van der Waals surface area contributed by atoms with Crippen LogP contribution in [-0.4, -0.2) is 50.6 Å². The molecule has 0 aliphatic carbocycles. The Kier molecular flexibility index (Phi) is 6.68. The number of ether oxygens (including phenoxy) is 2. The number of carbonyl (C=O) groups excluding carboxylic acids is 1. The van der Waals surface area contributed by atoms with Crippen molar-refractivity contribution in [2.45, 2.75) is 20.4 Å². The number of carbonyl (C=O) groups is 1. The fourth-order valence-corrected chi connectivity index (χ4v) is 4.33. The molecule has 11 heteroatoms. The molecule has 0 saturated carbocycles. The van der Waals surface area contributed by atoms with Crippen LogP contribution in [-0.2, 0) is 11.3 Å². The first kappa shape index (κ1) is 22.5. The van der Waals surface area contributed by atoms with E-state index in [9.17, 15) is 14.3 Å². The number of halogens is 1. The first-order valence-corrected chi connectivity index (χ1v) is 11.0. The second kappa shape index (κ2) is 9.82. The average molecular weight is 472 g/mol. The summed E-state index contributed by atoms with van der Waals surface area (Å²) in [6.07, 6.45) is 1.38. The minimum atomic E-state index is -0.893. The van der Waals surface area contributed by atoms with Crippen molar-refractivity contribution in [2.24, 2.45) is 0 Å². The quantitative estimate of drug-likeness (QED) is 0.350. The minimum Gasteiger partial charge on any atom is -0.492 e. The van der Waals surface area contributed by atoms with Crippen molar-refractivity contribution in [3.8, 4) is 22.3 Å². The van der Waals surface area contributed by atoms with Gasteiger partial charge >= 0.3 is 5.97 Å². The van der Waals surface area contributed by atoms with Crippen LogP contribution in [0.2, 0.25) is 0 Å². The van der Waals surface area contributed by atoms with Crippen molar-refractivity contribution >= 4 is 34.0 Å². The molecule has 172 valence electrons. The summed E-state index contributed by atoms with van der Waals surface area (Å²) in [6, 6.07) is 9.25. The minimum absolute atomic E-state index is 0.0289.